The van der Waals surface area contributed by atoms with E-state index in [0.717, 1.165) is 0 Å². The molecule has 1 aromatic rings. The highest BCUT2D eigenvalue weighted by Gasteiger charge is 2.20. The number of nitrogens with one attached hydrogen (secondary N) is 1. The van der Waals surface area contributed by atoms with Crippen LogP contribution < -0.4 is 9.86 Å². The fourth-order valence-electron chi connectivity index (χ4n) is 1.76. The maximum atomic E-state index is 5.37. The Labute approximate surface area is 76.8 Å². The van der Waals surface area contributed by atoms with Gasteiger partial charge in [-0.15, -0.1) is 0 Å². The molecular formula is C9H12N2S. The summed E-state index contributed by atoms with van der Waals surface area (Å²) in [4.78, 5) is 0. The minimum absolute atomic E-state index is 0.455. The van der Waals surface area contributed by atoms with Crippen molar-refractivity contribution in [2.75, 3.05) is 0 Å². The Morgan fingerprint density at radius 2 is 2.25 bits per heavy atom. The number of fused-ring (bicyclic) bond motifs is 1. The quantitative estimate of drug-likeness (QED) is 0.681. The third kappa shape index (κ3) is 1.35. The summed E-state index contributed by atoms with van der Waals surface area (Å²) in [5.74, 6) is 0. The van der Waals surface area contributed by atoms with E-state index in [0.29, 0.717) is 6.04 Å². The number of hydrogen-bond donors (Lipinski definition) is 2. The second kappa shape index (κ2) is 3.47. The molecule has 0 fully saturated rings. The van der Waals surface area contributed by atoms with Crippen molar-refractivity contribution in [2.24, 2.45) is 5.14 Å². The first-order valence-electron chi connectivity index (χ1n) is 4.11. The molecule has 0 saturated carbocycles. The Balaban J connectivity index is 2.24. The summed E-state index contributed by atoms with van der Waals surface area (Å²) in [6.07, 6.45) is 2.35. The summed E-state index contributed by atoms with van der Waals surface area (Å²) in [5.41, 5.74) is 2.87. The number of nitrogens with two attached hydrogens (primary N) is 1. The Morgan fingerprint density at radius 1 is 1.42 bits per heavy atom. The molecule has 12 heavy (non-hydrogen) atoms. The normalized spacial score (nSPS) is 20.9. The van der Waals surface area contributed by atoms with Crippen LogP contribution in [0.15, 0.2) is 24.3 Å². The van der Waals surface area contributed by atoms with E-state index in [1.165, 1.54) is 36.1 Å². The Morgan fingerprint density at radius 3 is 3.08 bits per heavy atom. The molecule has 0 heterocycles. The van der Waals surface area contributed by atoms with Crippen molar-refractivity contribution in [3.05, 3.63) is 35.4 Å². The Kier molecular flexibility index (Phi) is 2.35. The predicted molar refractivity (Wildman–Crippen MR) is 52.4 cm³/mol. The van der Waals surface area contributed by atoms with Gasteiger partial charge in [0.2, 0.25) is 0 Å². The molecule has 1 atom stereocenters. The molecule has 1 aliphatic rings. The summed E-state index contributed by atoms with van der Waals surface area (Å²) >= 11 is 1.21. The zero-order valence-electron chi connectivity index (χ0n) is 6.79. The van der Waals surface area contributed by atoms with Gasteiger partial charge in [0.1, 0.15) is 0 Å². The van der Waals surface area contributed by atoms with Gasteiger partial charge in [-0.1, -0.05) is 24.3 Å². The lowest BCUT2D eigenvalue weighted by Gasteiger charge is -2.09. The molecule has 3 N–H and O–H groups in total. The molecule has 0 aliphatic heterocycles. The van der Waals surface area contributed by atoms with Crippen LogP contribution in [0.4, 0.5) is 0 Å². The minimum atomic E-state index is 0.455. The van der Waals surface area contributed by atoms with Gasteiger partial charge >= 0.3 is 0 Å². The number of benzene rings is 1. The van der Waals surface area contributed by atoms with Gasteiger partial charge in [0.25, 0.3) is 0 Å². The van der Waals surface area contributed by atoms with E-state index in [-0.39, 0.29) is 0 Å². The number of rotatable bonds is 2. The van der Waals surface area contributed by atoms with Crippen molar-refractivity contribution in [1.29, 1.82) is 0 Å². The maximum absolute atomic E-state index is 5.37. The molecule has 1 unspecified atom stereocenters. The fourth-order valence-corrected chi connectivity index (χ4v) is 2.17. The lowest BCUT2D eigenvalue weighted by Crippen LogP contribution is -2.12. The van der Waals surface area contributed by atoms with Crippen LogP contribution in [0, 0.1) is 0 Å². The first kappa shape index (κ1) is 8.10. The smallest absolute Gasteiger partial charge is 0.0439 e. The van der Waals surface area contributed by atoms with Gasteiger partial charge in [0.15, 0.2) is 0 Å². The summed E-state index contributed by atoms with van der Waals surface area (Å²) in [5, 5.41) is 5.37. The van der Waals surface area contributed by atoms with Gasteiger partial charge in [-0.3, -0.25) is 5.14 Å². The van der Waals surface area contributed by atoms with E-state index in [9.17, 15) is 0 Å². The summed E-state index contributed by atoms with van der Waals surface area (Å²) in [6, 6.07) is 9.00. The number of aryl methyl sites for hydroxylation is 1. The van der Waals surface area contributed by atoms with Gasteiger partial charge < -0.3 is 0 Å². The maximum Gasteiger partial charge on any atom is 0.0439 e. The van der Waals surface area contributed by atoms with E-state index >= 15 is 0 Å². The highest BCUT2D eigenvalue weighted by Crippen LogP contribution is 2.31. The fraction of sp³-hybridized carbons (Fsp3) is 0.333. The molecule has 0 spiro atoms. The Hall–Kier alpha value is -0.510. The van der Waals surface area contributed by atoms with Crippen LogP contribution in [0.2, 0.25) is 0 Å². The Bertz CT molecular complexity index is 273. The summed E-state index contributed by atoms with van der Waals surface area (Å²) in [6.45, 7) is 0. The topological polar surface area (TPSA) is 38.0 Å². The van der Waals surface area contributed by atoms with E-state index in [4.69, 9.17) is 5.14 Å². The van der Waals surface area contributed by atoms with Gasteiger partial charge in [0.05, 0.1) is 0 Å². The molecule has 1 aromatic carbocycles. The third-order valence-electron chi connectivity index (χ3n) is 2.34. The van der Waals surface area contributed by atoms with Crippen LogP contribution in [-0.2, 0) is 6.42 Å². The molecule has 0 bridgehead atoms. The van der Waals surface area contributed by atoms with E-state index < -0.39 is 0 Å². The van der Waals surface area contributed by atoms with Gasteiger partial charge in [-0.2, -0.15) is 0 Å². The lowest BCUT2D eigenvalue weighted by molar-refractivity contribution is 0.667. The van der Waals surface area contributed by atoms with Crippen molar-refractivity contribution in [1.82, 2.24) is 4.72 Å². The molecule has 64 valence electrons. The predicted octanol–water partition coefficient (Wildman–Crippen LogP) is 1.79. The highest BCUT2D eigenvalue weighted by molar-refractivity contribution is 7.95. The van der Waals surface area contributed by atoms with Crippen LogP contribution in [0.1, 0.15) is 23.6 Å². The molecular weight excluding hydrogens is 168 g/mol. The second-order valence-electron chi connectivity index (χ2n) is 3.03. The van der Waals surface area contributed by atoms with Crippen molar-refractivity contribution >= 4 is 12.1 Å². The largest absolute Gasteiger partial charge is 0.264 e. The van der Waals surface area contributed by atoms with Crippen LogP contribution in [0.5, 0.6) is 0 Å². The van der Waals surface area contributed by atoms with Gasteiger partial charge in [-0.25, -0.2) is 4.72 Å². The van der Waals surface area contributed by atoms with Gasteiger partial charge in [-0.05, 0) is 24.0 Å². The van der Waals surface area contributed by atoms with Crippen LogP contribution in [-0.4, -0.2) is 0 Å². The average molecular weight is 180 g/mol. The summed E-state index contributed by atoms with van der Waals surface area (Å²) in [7, 11) is 0. The zero-order chi connectivity index (χ0) is 8.39. The SMILES string of the molecule is NSNC1CCc2ccccc21. The van der Waals surface area contributed by atoms with Crippen molar-refractivity contribution in [2.45, 2.75) is 18.9 Å². The van der Waals surface area contributed by atoms with Crippen molar-refractivity contribution < 1.29 is 0 Å². The van der Waals surface area contributed by atoms with Crippen molar-refractivity contribution in [3.63, 3.8) is 0 Å². The molecule has 3 heteroatoms. The first-order chi connectivity index (χ1) is 5.92. The van der Waals surface area contributed by atoms with Crippen LogP contribution >= 0.6 is 12.1 Å². The zero-order valence-corrected chi connectivity index (χ0v) is 7.60. The van der Waals surface area contributed by atoms with Crippen molar-refractivity contribution in [3.8, 4) is 0 Å². The number of hydrogen-bond acceptors (Lipinski definition) is 3. The van der Waals surface area contributed by atoms with E-state index in [1.807, 2.05) is 0 Å². The van der Waals surface area contributed by atoms with Crippen LogP contribution in [0.3, 0.4) is 0 Å². The van der Waals surface area contributed by atoms with Crippen LogP contribution in [0.25, 0.3) is 0 Å². The molecule has 0 saturated heterocycles. The third-order valence-corrected chi connectivity index (χ3v) is 2.76. The minimum Gasteiger partial charge on any atom is -0.264 e. The summed E-state index contributed by atoms with van der Waals surface area (Å²) < 4.78 is 3.20. The van der Waals surface area contributed by atoms with E-state index in [1.54, 1.807) is 0 Å². The van der Waals surface area contributed by atoms with Gasteiger partial charge in [0, 0.05) is 18.2 Å². The molecule has 2 rings (SSSR count). The molecule has 1 aliphatic carbocycles. The highest BCUT2D eigenvalue weighted by atomic mass is 32.2. The van der Waals surface area contributed by atoms with E-state index in [2.05, 4.69) is 29.0 Å². The molecule has 0 aromatic heterocycles. The lowest BCUT2D eigenvalue weighted by atomic mass is 10.1. The molecule has 2 nitrogen and oxygen atoms in total. The molecule has 0 radical (unpaired) electrons. The molecule has 0 amide bonds. The monoisotopic (exact) mass is 180 g/mol. The first-order valence-corrected chi connectivity index (χ1v) is 4.99. The second-order valence-corrected chi connectivity index (χ2v) is 3.50. The average Bonchev–Trinajstić information content (AvgIpc) is 2.50. The standard InChI is InChI=1S/C9H12N2S/c10-12-11-9-6-5-7-3-1-2-4-8(7)9/h1-4,9,11H,5-6,10H2.